The van der Waals surface area contributed by atoms with Crippen LogP contribution in [0.5, 0.6) is 0 Å². The zero-order valence-electron chi connectivity index (χ0n) is 19.5. The Labute approximate surface area is 208 Å². The summed E-state index contributed by atoms with van der Waals surface area (Å²) in [6.07, 6.45) is 7.33. The third kappa shape index (κ3) is 6.23. The predicted molar refractivity (Wildman–Crippen MR) is 139 cm³/mol. The normalized spacial score (nSPS) is 11.6. The van der Waals surface area contributed by atoms with E-state index in [9.17, 15) is 9.59 Å². The number of pyridine rings is 1. The molecule has 8 nitrogen and oxygen atoms in total. The van der Waals surface area contributed by atoms with Crippen LogP contribution in [0.2, 0.25) is 6.82 Å². The molecule has 1 radical (unpaired) electrons. The molecule has 3 heterocycles. The fraction of sp³-hybridized carbons (Fsp3) is 0.200. The molecular weight excluding hydrogens is 461 g/mol. The summed E-state index contributed by atoms with van der Waals surface area (Å²) in [7, 11) is 3.39. The van der Waals surface area contributed by atoms with E-state index in [-0.39, 0.29) is 11.8 Å². The van der Waals surface area contributed by atoms with E-state index < -0.39 is 6.04 Å². The van der Waals surface area contributed by atoms with Crippen LogP contribution in [0, 0.1) is 0 Å². The van der Waals surface area contributed by atoms with Crippen LogP contribution < -0.4 is 10.6 Å². The van der Waals surface area contributed by atoms with Gasteiger partial charge in [0.1, 0.15) is 6.04 Å². The van der Waals surface area contributed by atoms with Gasteiger partial charge >= 0.3 is 0 Å². The van der Waals surface area contributed by atoms with Gasteiger partial charge in [0, 0.05) is 43.3 Å². The lowest BCUT2D eigenvalue weighted by Gasteiger charge is -2.17. The second kappa shape index (κ2) is 11.6. The maximum absolute atomic E-state index is 13.0. The number of aromatic nitrogens is 3. The molecule has 1 aromatic carbocycles. The first-order chi connectivity index (χ1) is 17.1. The third-order valence-corrected chi connectivity index (χ3v) is 6.17. The molecule has 35 heavy (non-hydrogen) atoms. The van der Waals surface area contributed by atoms with Crippen molar-refractivity contribution in [2.45, 2.75) is 19.3 Å². The highest BCUT2D eigenvalue weighted by Gasteiger charge is 2.23. The number of carbonyl (C=O) groups is 2. The van der Waals surface area contributed by atoms with Crippen molar-refractivity contribution >= 4 is 35.7 Å². The molecular formula is C25H25BN5O3S. The van der Waals surface area contributed by atoms with E-state index in [1.807, 2.05) is 49.9 Å². The number of benzene rings is 1. The number of nitrogens with one attached hydrogen (secondary N) is 2. The minimum Gasteiger partial charge on any atom is -0.402 e. The number of ether oxygens (including phenoxy) is 1. The van der Waals surface area contributed by atoms with Crippen molar-refractivity contribution in [3.05, 3.63) is 78.2 Å². The van der Waals surface area contributed by atoms with Gasteiger partial charge in [-0.15, -0.1) is 11.3 Å². The molecule has 1 atom stereocenters. The van der Waals surface area contributed by atoms with E-state index in [0.717, 1.165) is 22.4 Å². The summed E-state index contributed by atoms with van der Waals surface area (Å²) >= 11 is 1.33. The molecule has 2 N–H and O–H groups in total. The smallest absolute Gasteiger partial charge is 0.253 e. The van der Waals surface area contributed by atoms with E-state index in [0.29, 0.717) is 23.7 Å². The number of carbonyl (C=O) groups excluding carboxylic acids is 2. The van der Waals surface area contributed by atoms with Crippen LogP contribution in [-0.4, -0.2) is 53.4 Å². The maximum atomic E-state index is 13.0. The molecule has 10 heteroatoms. The lowest BCUT2D eigenvalue weighted by Crippen LogP contribution is -2.44. The van der Waals surface area contributed by atoms with Crippen LogP contribution in [-0.2, 0) is 9.53 Å². The average molecular weight is 486 g/mol. The van der Waals surface area contributed by atoms with Gasteiger partial charge in [-0.2, -0.15) is 0 Å². The number of hydrogen-bond donors (Lipinski definition) is 2. The number of hydrogen-bond acceptors (Lipinski definition) is 6. The first-order valence-corrected chi connectivity index (χ1v) is 12.0. The van der Waals surface area contributed by atoms with Crippen molar-refractivity contribution in [3.63, 3.8) is 0 Å². The maximum Gasteiger partial charge on any atom is 0.253 e. The molecule has 0 spiro atoms. The molecule has 0 saturated heterocycles. The highest BCUT2D eigenvalue weighted by Crippen LogP contribution is 2.28. The van der Waals surface area contributed by atoms with Crippen LogP contribution in [0.15, 0.2) is 72.6 Å². The van der Waals surface area contributed by atoms with Crippen LogP contribution >= 0.6 is 11.3 Å². The van der Waals surface area contributed by atoms with Crippen LogP contribution in [0.1, 0.15) is 16.8 Å². The first-order valence-electron chi connectivity index (χ1n) is 11.1. The van der Waals surface area contributed by atoms with Crippen LogP contribution in [0.25, 0.3) is 22.4 Å². The molecule has 4 aromatic rings. The first kappa shape index (κ1) is 24.4. The summed E-state index contributed by atoms with van der Waals surface area (Å²) in [5.74, 6) is -0.669. The van der Waals surface area contributed by atoms with Gasteiger partial charge in [-0.05, 0) is 48.0 Å². The van der Waals surface area contributed by atoms with E-state index in [1.165, 1.54) is 11.3 Å². The number of methoxy groups -OCH3 is 1. The zero-order chi connectivity index (χ0) is 24.6. The fourth-order valence-electron chi connectivity index (χ4n) is 3.51. The Hall–Kier alpha value is -3.76. The molecule has 0 bridgehead atoms. The third-order valence-electron chi connectivity index (χ3n) is 5.41. The second-order valence-electron chi connectivity index (χ2n) is 7.76. The van der Waals surface area contributed by atoms with Gasteiger partial charge in [0.2, 0.25) is 13.3 Å². The van der Waals surface area contributed by atoms with Gasteiger partial charge in [0.15, 0.2) is 5.13 Å². The number of nitrogens with zero attached hydrogens (tertiary/aromatic N) is 3. The van der Waals surface area contributed by atoms with Gasteiger partial charge in [0.05, 0.1) is 11.3 Å². The number of anilines is 1. The van der Waals surface area contributed by atoms with Gasteiger partial charge in [-0.1, -0.05) is 25.0 Å². The molecule has 177 valence electrons. The Bertz CT molecular complexity index is 1290. The van der Waals surface area contributed by atoms with Gasteiger partial charge in [0.25, 0.3) is 5.91 Å². The highest BCUT2D eigenvalue weighted by molar-refractivity contribution is 7.14. The van der Waals surface area contributed by atoms with E-state index in [2.05, 4.69) is 26.7 Å². The van der Waals surface area contributed by atoms with Crippen molar-refractivity contribution in [2.24, 2.45) is 0 Å². The van der Waals surface area contributed by atoms with Gasteiger partial charge in [-0.25, -0.2) is 4.98 Å². The summed E-state index contributed by atoms with van der Waals surface area (Å²) in [5.41, 5.74) is 4.30. The van der Waals surface area contributed by atoms with Gasteiger partial charge < -0.3 is 19.8 Å². The molecule has 4 rings (SSSR count). The Morgan fingerprint density at radius 1 is 1.14 bits per heavy atom. The summed E-state index contributed by atoms with van der Waals surface area (Å²) < 4.78 is 6.91. The summed E-state index contributed by atoms with van der Waals surface area (Å²) in [6, 6.07) is 12.9. The second-order valence-corrected chi connectivity index (χ2v) is 8.62. The predicted octanol–water partition coefficient (Wildman–Crippen LogP) is 3.96. The molecule has 0 fully saturated rings. The SMILES string of the molecule is C[B]n1ccc(C(=O)NC(CCOC)C(=O)Nc2nc(-c3cccc(-c4ccncc4)c3)cs2)c1. The minimum absolute atomic E-state index is 0.324. The van der Waals surface area contributed by atoms with Crippen molar-refractivity contribution in [2.75, 3.05) is 19.0 Å². The van der Waals surface area contributed by atoms with Crippen molar-refractivity contribution < 1.29 is 14.3 Å². The van der Waals surface area contributed by atoms with Gasteiger partial charge in [-0.3, -0.25) is 14.6 Å². The van der Waals surface area contributed by atoms with E-state index in [4.69, 9.17) is 4.74 Å². The molecule has 2 amide bonds. The molecule has 0 aliphatic heterocycles. The summed E-state index contributed by atoms with van der Waals surface area (Å²) in [6.45, 7) is 2.20. The Morgan fingerprint density at radius 2 is 1.94 bits per heavy atom. The van der Waals surface area contributed by atoms with Crippen LogP contribution in [0.4, 0.5) is 5.13 Å². The van der Waals surface area contributed by atoms with Crippen molar-refractivity contribution in [3.8, 4) is 22.4 Å². The van der Waals surface area contributed by atoms with Crippen molar-refractivity contribution in [1.29, 1.82) is 0 Å². The molecule has 0 aliphatic rings. The molecule has 3 aromatic heterocycles. The zero-order valence-corrected chi connectivity index (χ0v) is 20.3. The van der Waals surface area contributed by atoms with Crippen molar-refractivity contribution in [1.82, 2.24) is 19.8 Å². The van der Waals surface area contributed by atoms with E-state index >= 15 is 0 Å². The molecule has 0 saturated carbocycles. The Balaban J connectivity index is 1.45. The Kier molecular flexibility index (Phi) is 8.07. The lowest BCUT2D eigenvalue weighted by molar-refractivity contribution is -0.118. The quantitative estimate of drug-likeness (QED) is 0.331. The van der Waals surface area contributed by atoms with Crippen LogP contribution in [0.3, 0.4) is 0 Å². The largest absolute Gasteiger partial charge is 0.402 e. The number of rotatable bonds is 10. The minimum atomic E-state index is -0.765. The number of thiazole rings is 1. The standard InChI is InChI=1S/C25H25BN5O3S/c1-26-31-12-8-20(15-31)23(32)28-21(9-13-34-2)24(33)30-25-29-22(16-35-25)19-5-3-4-18(14-19)17-6-10-27-11-7-17/h3-8,10-12,14-16,21H,9,13H2,1-2H3,(H,28,32)(H,29,30,33). The van der Waals surface area contributed by atoms with E-state index in [1.54, 1.807) is 42.4 Å². The summed E-state index contributed by atoms with van der Waals surface area (Å²) in [5, 5.41) is 8.00. The highest BCUT2D eigenvalue weighted by atomic mass is 32.1. The molecule has 1 unspecified atom stereocenters. The summed E-state index contributed by atoms with van der Waals surface area (Å²) in [4.78, 5) is 34.3. The Morgan fingerprint density at radius 3 is 2.69 bits per heavy atom. The lowest BCUT2D eigenvalue weighted by atomic mass is 10.0. The molecule has 0 aliphatic carbocycles. The average Bonchev–Trinajstić information content (AvgIpc) is 3.57. The number of amides is 2. The monoisotopic (exact) mass is 486 g/mol. The topological polar surface area (TPSA) is 98.1 Å². The fourth-order valence-corrected chi connectivity index (χ4v) is 4.24.